The maximum atomic E-state index is 14.0. The molecule has 4 aliphatic heterocycles. The zero-order chi connectivity index (χ0) is 23.9. The third-order valence-corrected chi connectivity index (χ3v) is 7.80. The number of nitrogens with zero attached hydrogens (tertiary/aromatic N) is 3. The zero-order valence-corrected chi connectivity index (χ0v) is 18.7. The number of amides is 3. The summed E-state index contributed by atoms with van der Waals surface area (Å²) < 4.78 is 5.33. The van der Waals surface area contributed by atoms with E-state index in [0.717, 1.165) is 17.4 Å². The summed E-state index contributed by atoms with van der Waals surface area (Å²) in [6.07, 6.45) is 1.44. The molecule has 3 amide bonds. The van der Waals surface area contributed by atoms with E-state index in [-0.39, 0.29) is 29.1 Å². The summed E-state index contributed by atoms with van der Waals surface area (Å²) in [4.78, 5) is 55.2. The van der Waals surface area contributed by atoms with E-state index in [1.54, 1.807) is 18.2 Å². The molecule has 0 radical (unpaired) electrons. The van der Waals surface area contributed by atoms with Crippen molar-refractivity contribution in [2.24, 2.45) is 11.8 Å². The number of carbonyl (C=O) groups is 3. The molecule has 10 nitrogen and oxygen atoms in total. The van der Waals surface area contributed by atoms with Crippen LogP contribution in [-0.2, 0) is 19.9 Å². The molecular formula is C23H19ClN4O6. The predicted octanol–water partition coefficient (Wildman–Crippen LogP) is 2.69. The molecule has 11 heteroatoms. The van der Waals surface area contributed by atoms with Crippen molar-refractivity contribution < 1.29 is 24.0 Å². The third-order valence-electron chi connectivity index (χ3n) is 7.57. The second kappa shape index (κ2) is 7.00. The van der Waals surface area contributed by atoms with Gasteiger partial charge in [0.1, 0.15) is 17.0 Å². The molecular weight excluding hydrogens is 464 g/mol. The first kappa shape index (κ1) is 21.1. The van der Waals surface area contributed by atoms with Gasteiger partial charge in [-0.3, -0.25) is 29.4 Å². The highest BCUT2D eigenvalue weighted by atomic mass is 35.5. The molecule has 0 bridgehead atoms. The molecule has 2 aromatic carbocycles. The molecule has 4 heterocycles. The maximum Gasteiger partial charge on any atom is 0.271 e. The minimum absolute atomic E-state index is 0.00511. The van der Waals surface area contributed by atoms with E-state index in [0.29, 0.717) is 29.2 Å². The fraction of sp³-hybridized carbons (Fsp3) is 0.348. The highest BCUT2D eigenvalue weighted by Gasteiger charge is 2.74. The van der Waals surface area contributed by atoms with Crippen LogP contribution < -0.4 is 15.0 Å². The monoisotopic (exact) mass is 482 g/mol. The first-order valence-electron chi connectivity index (χ1n) is 10.9. The van der Waals surface area contributed by atoms with Gasteiger partial charge in [-0.2, -0.15) is 0 Å². The van der Waals surface area contributed by atoms with Crippen molar-refractivity contribution >= 4 is 46.4 Å². The smallest absolute Gasteiger partial charge is 0.271 e. The molecule has 0 aromatic heterocycles. The third kappa shape index (κ3) is 2.41. The number of halogens is 1. The van der Waals surface area contributed by atoms with Crippen molar-refractivity contribution in [2.45, 2.75) is 24.4 Å². The van der Waals surface area contributed by atoms with E-state index in [1.165, 1.54) is 19.2 Å². The van der Waals surface area contributed by atoms with E-state index in [1.807, 2.05) is 4.90 Å². The molecule has 3 saturated heterocycles. The van der Waals surface area contributed by atoms with Gasteiger partial charge < -0.3 is 10.1 Å². The average Bonchev–Trinajstić information content (AvgIpc) is 3.52. The summed E-state index contributed by atoms with van der Waals surface area (Å²) in [5.41, 5.74) is -0.501. The van der Waals surface area contributed by atoms with Crippen molar-refractivity contribution in [3.05, 3.63) is 57.1 Å². The van der Waals surface area contributed by atoms with E-state index in [2.05, 4.69) is 5.32 Å². The van der Waals surface area contributed by atoms with Gasteiger partial charge in [0.2, 0.25) is 17.7 Å². The number of benzene rings is 2. The van der Waals surface area contributed by atoms with Crippen LogP contribution in [0.3, 0.4) is 0 Å². The maximum absolute atomic E-state index is 14.0. The molecule has 1 spiro atoms. The number of fused-ring (bicyclic) bond motifs is 7. The summed E-state index contributed by atoms with van der Waals surface area (Å²) >= 11 is 6.29. The van der Waals surface area contributed by atoms with Crippen molar-refractivity contribution in [3.63, 3.8) is 0 Å². The summed E-state index contributed by atoms with van der Waals surface area (Å²) in [7, 11) is 1.36. The van der Waals surface area contributed by atoms with Gasteiger partial charge in [-0.25, -0.2) is 4.90 Å². The number of ether oxygens (including phenoxy) is 1. The van der Waals surface area contributed by atoms with Crippen molar-refractivity contribution in [2.75, 3.05) is 23.9 Å². The van der Waals surface area contributed by atoms with Crippen LogP contribution in [0.5, 0.6) is 5.75 Å². The predicted molar refractivity (Wildman–Crippen MR) is 121 cm³/mol. The standard InChI is InChI=1S/C23H19ClN4O6/c1-34-17-7-5-12(28(32)33)10-16(17)27-20(29)18-15-3-2-8-26(15)23(19(18)21(27)30)13-9-11(24)4-6-14(13)25-22(23)31/h4-7,9-10,15,18-19H,2-3,8H2,1H3,(H,25,31)/t15-,18+,19+,23-/m1/s1. The van der Waals surface area contributed by atoms with Gasteiger partial charge in [-0.05, 0) is 43.7 Å². The quantitative estimate of drug-likeness (QED) is 0.405. The van der Waals surface area contributed by atoms with Crippen molar-refractivity contribution in [3.8, 4) is 5.75 Å². The first-order chi connectivity index (χ1) is 16.3. The number of nitro groups is 1. The van der Waals surface area contributed by atoms with Crippen LogP contribution in [0.2, 0.25) is 5.02 Å². The number of methoxy groups -OCH3 is 1. The molecule has 34 heavy (non-hydrogen) atoms. The Labute approximate surface area is 198 Å². The summed E-state index contributed by atoms with van der Waals surface area (Å²) in [6, 6.07) is 8.50. The highest BCUT2D eigenvalue weighted by molar-refractivity contribution is 6.31. The van der Waals surface area contributed by atoms with Crippen LogP contribution in [0.1, 0.15) is 18.4 Å². The normalized spacial score (nSPS) is 29.4. The number of nitrogens with one attached hydrogen (secondary N) is 1. The van der Waals surface area contributed by atoms with Gasteiger partial charge in [-0.15, -0.1) is 0 Å². The Morgan fingerprint density at radius 1 is 1.18 bits per heavy atom. The number of imide groups is 1. The molecule has 0 unspecified atom stereocenters. The van der Waals surface area contributed by atoms with E-state index >= 15 is 0 Å². The molecule has 0 aliphatic carbocycles. The minimum Gasteiger partial charge on any atom is -0.495 e. The number of hydrogen-bond acceptors (Lipinski definition) is 7. The van der Waals surface area contributed by atoms with Crippen LogP contribution >= 0.6 is 11.6 Å². The van der Waals surface area contributed by atoms with Gasteiger partial charge in [-0.1, -0.05) is 11.6 Å². The van der Waals surface area contributed by atoms with Crippen LogP contribution in [-0.4, -0.2) is 47.2 Å². The van der Waals surface area contributed by atoms with Crippen LogP contribution in [0.15, 0.2) is 36.4 Å². The summed E-state index contributed by atoms with van der Waals surface area (Å²) in [5, 5.41) is 14.7. The Bertz CT molecular complexity index is 1310. The molecule has 174 valence electrons. The Balaban J connectivity index is 1.56. The van der Waals surface area contributed by atoms with Crippen LogP contribution in [0.25, 0.3) is 0 Å². The number of anilines is 2. The molecule has 2 aromatic rings. The first-order valence-corrected chi connectivity index (χ1v) is 11.3. The lowest BCUT2D eigenvalue weighted by atomic mass is 9.75. The topological polar surface area (TPSA) is 122 Å². The molecule has 6 rings (SSSR count). The van der Waals surface area contributed by atoms with E-state index in [9.17, 15) is 24.5 Å². The molecule has 0 saturated carbocycles. The SMILES string of the molecule is COc1ccc([N+](=O)[O-])cc1N1C(=O)[C@H]2[C@H]3CCCN3[C@@]3(C(=O)Nc4ccc(Cl)cc43)[C@@H]2C1=O. The Morgan fingerprint density at radius 2 is 1.97 bits per heavy atom. The van der Waals surface area contributed by atoms with Gasteiger partial charge in [0.25, 0.3) is 5.69 Å². The fourth-order valence-electron chi connectivity index (χ4n) is 6.38. The number of rotatable bonds is 3. The van der Waals surface area contributed by atoms with Crippen LogP contribution in [0.4, 0.5) is 17.1 Å². The number of hydrogen-bond donors (Lipinski definition) is 1. The van der Waals surface area contributed by atoms with Crippen LogP contribution in [0, 0.1) is 22.0 Å². The lowest BCUT2D eigenvalue weighted by Gasteiger charge is -2.36. The van der Waals surface area contributed by atoms with Gasteiger partial charge in [0.05, 0.1) is 23.9 Å². The largest absolute Gasteiger partial charge is 0.495 e. The van der Waals surface area contributed by atoms with Crippen molar-refractivity contribution in [1.82, 2.24) is 4.90 Å². The molecule has 3 fully saturated rings. The minimum atomic E-state index is -1.37. The number of non-ortho nitro benzene ring substituents is 1. The van der Waals surface area contributed by atoms with Crippen molar-refractivity contribution in [1.29, 1.82) is 0 Å². The molecule has 1 N–H and O–H groups in total. The zero-order valence-electron chi connectivity index (χ0n) is 18.0. The van der Waals surface area contributed by atoms with Gasteiger partial charge >= 0.3 is 0 Å². The second-order valence-corrected chi connectivity index (χ2v) is 9.38. The Morgan fingerprint density at radius 3 is 2.71 bits per heavy atom. The van der Waals surface area contributed by atoms with Gasteiger partial charge in [0, 0.05) is 34.4 Å². The Hall–Kier alpha value is -3.50. The number of nitro benzene ring substituents is 1. The summed E-state index contributed by atoms with van der Waals surface area (Å²) in [6.45, 7) is 0.567. The lowest BCUT2D eigenvalue weighted by molar-refractivity contribution is -0.384. The average molecular weight is 483 g/mol. The summed E-state index contributed by atoms with van der Waals surface area (Å²) in [5.74, 6) is -3.03. The van der Waals surface area contributed by atoms with Gasteiger partial charge in [0.15, 0.2) is 0 Å². The molecule has 4 aliphatic rings. The molecule has 4 atom stereocenters. The Kier molecular flexibility index (Phi) is 4.34. The number of carbonyl (C=O) groups excluding carboxylic acids is 3. The van der Waals surface area contributed by atoms with E-state index < -0.39 is 34.1 Å². The fourth-order valence-corrected chi connectivity index (χ4v) is 6.55. The lowest BCUT2D eigenvalue weighted by Crippen LogP contribution is -2.54. The highest BCUT2D eigenvalue weighted by Crippen LogP contribution is 2.61. The second-order valence-electron chi connectivity index (χ2n) is 8.94. The van der Waals surface area contributed by atoms with E-state index in [4.69, 9.17) is 16.3 Å².